The summed E-state index contributed by atoms with van der Waals surface area (Å²) in [7, 11) is 1.61. The van der Waals surface area contributed by atoms with E-state index in [-0.39, 0.29) is 23.9 Å². The Balaban J connectivity index is 1.37. The number of carbonyl (C=O) groups excluding carboxylic acids is 4. The SMILES string of the molecule is CCOC(=O)Cn1cc(C(=O)C(=O)N2CCN(c3ccc(OC)cc3)CC2)c2cc(NC(=O)c3ccc(Cl)nc3)ccc21. The lowest BCUT2D eigenvalue weighted by atomic mass is 10.1. The number of piperazine rings is 1. The van der Waals surface area contributed by atoms with Crippen LogP contribution in [-0.4, -0.2) is 77.9 Å². The number of esters is 1. The van der Waals surface area contributed by atoms with E-state index in [0.29, 0.717) is 48.3 Å². The van der Waals surface area contributed by atoms with Gasteiger partial charge in [-0.05, 0) is 61.5 Å². The van der Waals surface area contributed by atoms with Gasteiger partial charge < -0.3 is 29.2 Å². The number of carbonyl (C=O) groups is 4. The van der Waals surface area contributed by atoms with Crippen LogP contribution in [0, 0.1) is 0 Å². The van der Waals surface area contributed by atoms with E-state index >= 15 is 0 Å². The number of Topliss-reactive ketones (excluding diaryl/α,β-unsaturated/α-hetero) is 1. The minimum Gasteiger partial charge on any atom is -0.497 e. The summed E-state index contributed by atoms with van der Waals surface area (Å²) < 4.78 is 11.9. The van der Waals surface area contributed by atoms with Crippen molar-refractivity contribution in [3.63, 3.8) is 0 Å². The highest BCUT2D eigenvalue weighted by Gasteiger charge is 2.29. The van der Waals surface area contributed by atoms with E-state index in [9.17, 15) is 19.2 Å². The number of nitrogens with zero attached hydrogens (tertiary/aromatic N) is 4. The Morgan fingerprint density at radius 3 is 2.37 bits per heavy atom. The summed E-state index contributed by atoms with van der Waals surface area (Å²) >= 11 is 5.83. The Morgan fingerprint density at radius 2 is 1.72 bits per heavy atom. The third kappa shape index (κ3) is 6.62. The van der Waals surface area contributed by atoms with Gasteiger partial charge in [0.25, 0.3) is 17.6 Å². The average Bonchev–Trinajstić information content (AvgIpc) is 3.38. The minimum atomic E-state index is -0.698. The lowest BCUT2D eigenvalue weighted by Gasteiger charge is -2.35. The first-order chi connectivity index (χ1) is 20.8. The van der Waals surface area contributed by atoms with Crippen LogP contribution < -0.4 is 15.0 Å². The normalized spacial score (nSPS) is 13.1. The van der Waals surface area contributed by atoms with E-state index in [1.807, 2.05) is 24.3 Å². The molecule has 3 heterocycles. The van der Waals surface area contributed by atoms with Crippen LogP contribution >= 0.6 is 11.6 Å². The molecule has 4 aromatic rings. The number of fused-ring (bicyclic) bond motifs is 1. The molecule has 0 aliphatic carbocycles. The number of pyridine rings is 1. The van der Waals surface area contributed by atoms with Crippen LogP contribution in [0.4, 0.5) is 11.4 Å². The van der Waals surface area contributed by atoms with Gasteiger partial charge in [0, 0.05) is 60.9 Å². The van der Waals surface area contributed by atoms with Crippen LogP contribution in [-0.2, 0) is 20.9 Å². The molecule has 1 aliphatic rings. The lowest BCUT2D eigenvalue weighted by Crippen LogP contribution is -2.50. The van der Waals surface area contributed by atoms with Crippen molar-refractivity contribution < 1.29 is 28.7 Å². The Bertz CT molecular complexity index is 1660. The van der Waals surface area contributed by atoms with E-state index in [1.165, 1.54) is 23.4 Å². The zero-order valence-electron chi connectivity index (χ0n) is 23.7. The number of rotatable bonds is 9. The number of hydrogen-bond donors (Lipinski definition) is 1. The highest BCUT2D eigenvalue weighted by molar-refractivity contribution is 6.45. The van der Waals surface area contributed by atoms with Gasteiger partial charge in [0.05, 0.1) is 24.8 Å². The molecule has 0 radical (unpaired) electrons. The molecule has 43 heavy (non-hydrogen) atoms. The zero-order chi connectivity index (χ0) is 30.5. The van der Waals surface area contributed by atoms with E-state index in [0.717, 1.165) is 11.4 Å². The number of ketones is 1. The van der Waals surface area contributed by atoms with Gasteiger partial charge in [0.2, 0.25) is 0 Å². The second kappa shape index (κ2) is 13.0. The second-order valence-electron chi connectivity index (χ2n) is 9.84. The van der Waals surface area contributed by atoms with E-state index in [2.05, 4.69) is 15.2 Å². The molecule has 2 aromatic heterocycles. The summed E-state index contributed by atoms with van der Waals surface area (Å²) in [5.41, 5.74) is 2.37. The maximum absolute atomic E-state index is 13.6. The molecule has 1 N–H and O–H groups in total. The van der Waals surface area contributed by atoms with Crippen molar-refractivity contribution >= 4 is 57.4 Å². The number of aromatic nitrogens is 2. The maximum atomic E-state index is 13.6. The first-order valence-electron chi connectivity index (χ1n) is 13.7. The van der Waals surface area contributed by atoms with Crippen molar-refractivity contribution in [1.29, 1.82) is 0 Å². The number of benzene rings is 2. The zero-order valence-corrected chi connectivity index (χ0v) is 24.5. The fraction of sp³-hybridized carbons (Fsp3) is 0.258. The number of hydrogen-bond acceptors (Lipinski definition) is 8. The number of methoxy groups -OCH3 is 1. The van der Waals surface area contributed by atoms with Crippen molar-refractivity contribution in [2.45, 2.75) is 13.5 Å². The largest absolute Gasteiger partial charge is 0.497 e. The molecule has 2 amide bonds. The molecule has 2 aromatic carbocycles. The smallest absolute Gasteiger partial charge is 0.325 e. The van der Waals surface area contributed by atoms with E-state index in [4.69, 9.17) is 21.1 Å². The van der Waals surface area contributed by atoms with Crippen LogP contribution in [0.3, 0.4) is 0 Å². The summed E-state index contributed by atoms with van der Waals surface area (Å²) in [5.74, 6) is -1.47. The van der Waals surface area contributed by atoms with E-state index < -0.39 is 23.6 Å². The molecule has 0 spiro atoms. The summed E-state index contributed by atoms with van der Waals surface area (Å²) in [6, 6.07) is 15.7. The summed E-state index contributed by atoms with van der Waals surface area (Å²) in [4.78, 5) is 59.8. The van der Waals surface area contributed by atoms with Crippen LogP contribution in [0.5, 0.6) is 5.75 Å². The van der Waals surface area contributed by atoms with Gasteiger partial charge in [-0.3, -0.25) is 19.2 Å². The van der Waals surface area contributed by atoms with Crippen LogP contribution in [0.2, 0.25) is 5.15 Å². The molecule has 222 valence electrons. The Kier molecular flexibility index (Phi) is 8.91. The number of nitrogens with one attached hydrogen (secondary N) is 1. The van der Waals surface area contributed by atoms with Gasteiger partial charge in [0.1, 0.15) is 17.4 Å². The number of halogens is 1. The van der Waals surface area contributed by atoms with Crippen molar-refractivity contribution in [3.8, 4) is 5.75 Å². The Labute approximate surface area is 252 Å². The molecule has 1 fully saturated rings. The standard InChI is InChI=1S/C31H30ClN5O6/c1-3-43-28(38)19-37-18-25(24-16-21(5-10-26(24)37)34-30(40)20-4-11-27(32)33-17-20)29(39)31(41)36-14-12-35(13-15-36)22-6-8-23(42-2)9-7-22/h4-11,16-18H,3,12-15,19H2,1-2H3,(H,34,40). The highest BCUT2D eigenvalue weighted by Crippen LogP contribution is 2.27. The van der Waals surface area contributed by atoms with Gasteiger partial charge in [-0.15, -0.1) is 0 Å². The molecule has 1 aliphatic heterocycles. The van der Waals surface area contributed by atoms with Crippen LogP contribution in [0.15, 0.2) is 67.0 Å². The van der Waals surface area contributed by atoms with Crippen LogP contribution in [0.1, 0.15) is 27.6 Å². The van der Waals surface area contributed by atoms with Gasteiger partial charge in [0.15, 0.2) is 0 Å². The summed E-state index contributed by atoms with van der Waals surface area (Å²) in [6.07, 6.45) is 2.85. The number of ether oxygens (including phenoxy) is 2. The van der Waals surface area contributed by atoms with Gasteiger partial charge >= 0.3 is 5.97 Å². The average molecular weight is 604 g/mol. The predicted octanol–water partition coefficient (Wildman–Crippen LogP) is 4.05. The molecule has 0 saturated carbocycles. The predicted molar refractivity (Wildman–Crippen MR) is 162 cm³/mol. The molecule has 0 atom stereocenters. The number of anilines is 2. The Hall–Kier alpha value is -4.90. The van der Waals surface area contributed by atoms with Gasteiger partial charge in [-0.2, -0.15) is 0 Å². The van der Waals surface area contributed by atoms with Crippen molar-refractivity contribution in [1.82, 2.24) is 14.5 Å². The topological polar surface area (TPSA) is 123 Å². The number of amides is 2. The maximum Gasteiger partial charge on any atom is 0.325 e. The first kappa shape index (κ1) is 29.6. The lowest BCUT2D eigenvalue weighted by molar-refractivity contribution is -0.143. The monoisotopic (exact) mass is 603 g/mol. The third-order valence-corrected chi connectivity index (χ3v) is 7.40. The first-order valence-corrected chi connectivity index (χ1v) is 14.1. The van der Waals surface area contributed by atoms with Crippen LogP contribution in [0.25, 0.3) is 10.9 Å². The van der Waals surface area contributed by atoms with E-state index in [1.54, 1.807) is 42.9 Å². The summed E-state index contributed by atoms with van der Waals surface area (Å²) in [5, 5.41) is 3.47. The highest BCUT2D eigenvalue weighted by atomic mass is 35.5. The van der Waals surface area contributed by atoms with Crippen molar-refractivity contribution in [2.75, 3.05) is 50.1 Å². The fourth-order valence-electron chi connectivity index (χ4n) is 4.97. The Morgan fingerprint density at radius 1 is 0.977 bits per heavy atom. The van der Waals surface area contributed by atoms with Crippen molar-refractivity contribution in [2.24, 2.45) is 0 Å². The molecule has 0 unspecified atom stereocenters. The molecular formula is C31H30ClN5O6. The van der Waals surface area contributed by atoms with Crippen molar-refractivity contribution in [3.05, 3.63) is 83.3 Å². The fourth-order valence-corrected chi connectivity index (χ4v) is 5.08. The molecule has 11 nitrogen and oxygen atoms in total. The third-order valence-electron chi connectivity index (χ3n) is 7.18. The quantitative estimate of drug-likeness (QED) is 0.132. The van der Waals surface area contributed by atoms with Gasteiger partial charge in [-0.1, -0.05) is 11.6 Å². The molecule has 5 rings (SSSR count). The van der Waals surface area contributed by atoms with Gasteiger partial charge in [-0.25, -0.2) is 4.98 Å². The molecule has 1 saturated heterocycles. The second-order valence-corrected chi connectivity index (χ2v) is 10.2. The molecular weight excluding hydrogens is 574 g/mol. The minimum absolute atomic E-state index is 0.131. The molecule has 12 heteroatoms. The summed E-state index contributed by atoms with van der Waals surface area (Å²) in [6.45, 7) is 3.63. The molecule has 0 bridgehead atoms.